The van der Waals surface area contributed by atoms with E-state index < -0.39 is 5.97 Å². The van der Waals surface area contributed by atoms with E-state index in [9.17, 15) is 9.59 Å². The normalized spacial score (nSPS) is 10.2. The molecule has 0 aliphatic carbocycles. The smallest absolute Gasteiger partial charge is 0.337 e. The van der Waals surface area contributed by atoms with Gasteiger partial charge in [-0.3, -0.25) is 4.79 Å². The summed E-state index contributed by atoms with van der Waals surface area (Å²) in [6.07, 6.45) is 0. The molecule has 26 heavy (non-hydrogen) atoms. The average molecular weight is 368 g/mol. The topological polar surface area (TPSA) is 93.2 Å². The molecule has 3 aromatic rings. The molecule has 0 aliphatic heterocycles. The zero-order chi connectivity index (χ0) is 18.5. The number of methoxy groups -OCH3 is 1. The molecule has 2 N–H and O–H groups in total. The number of carbonyl (C=O) groups excluding carboxylic acids is 2. The summed E-state index contributed by atoms with van der Waals surface area (Å²) in [6, 6.07) is 12.1. The van der Waals surface area contributed by atoms with Crippen molar-refractivity contribution in [1.82, 2.24) is 9.97 Å². The van der Waals surface area contributed by atoms with Crippen molar-refractivity contribution in [3.05, 3.63) is 64.8 Å². The van der Waals surface area contributed by atoms with Crippen LogP contribution >= 0.6 is 11.3 Å². The SMILES string of the molecule is COC(=O)c1ccc(NC(=O)c2csc(Nc3cccc(C)n3)n2)cc1. The molecule has 0 aliphatic rings. The molecule has 0 atom stereocenters. The number of aromatic nitrogens is 2. The molecule has 1 amide bonds. The number of amides is 1. The Morgan fingerprint density at radius 2 is 1.85 bits per heavy atom. The van der Waals surface area contributed by atoms with Gasteiger partial charge in [-0.25, -0.2) is 14.8 Å². The maximum absolute atomic E-state index is 12.3. The predicted molar refractivity (Wildman–Crippen MR) is 100 cm³/mol. The highest BCUT2D eigenvalue weighted by Crippen LogP contribution is 2.21. The second kappa shape index (κ2) is 7.75. The van der Waals surface area contributed by atoms with Crippen LogP contribution < -0.4 is 10.6 Å². The van der Waals surface area contributed by atoms with Crippen molar-refractivity contribution < 1.29 is 14.3 Å². The lowest BCUT2D eigenvalue weighted by Crippen LogP contribution is -2.12. The first-order valence-electron chi connectivity index (χ1n) is 7.71. The van der Waals surface area contributed by atoms with Gasteiger partial charge >= 0.3 is 5.97 Å². The number of esters is 1. The standard InChI is InChI=1S/C18H16N4O3S/c1-11-4-3-5-15(19-11)22-18-21-14(10-26-18)16(23)20-13-8-6-12(7-9-13)17(24)25-2/h3-10H,1-2H3,(H,20,23)(H,19,21,22). The number of carbonyl (C=O) groups is 2. The fraction of sp³-hybridized carbons (Fsp3) is 0.111. The summed E-state index contributed by atoms with van der Waals surface area (Å²) in [5, 5.41) is 8.05. The van der Waals surface area contributed by atoms with Crippen molar-refractivity contribution in [3.8, 4) is 0 Å². The van der Waals surface area contributed by atoms with Crippen molar-refractivity contribution in [3.63, 3.8) is 0 Å². The number of benzene rings is 1. The summed E-state index contributed by atoms with van der Waals surface area (Å²) >= 11 is 1.31. The first-order valence-corrected chi connectivity index (χ1v) is 8.59. The Kier molecular flexibility index (Phi) is 5.23. The number of aryl methyl sites for hydroxylation is 1. The second-order valence-electron chi connectivity index (χ2n) is 5.35. The lowest BCUT2D eigenvalue weighted by Gasteiger charge is -2.04. The summed E-state index contributed by atoms with van der Waals surface area (Å²) in [4.78, 5) is 32.3. The number of nitrogens with one attached hydrogen (secondary N) is 2. The number of anilines is 3. The van der Waals surface area contributed by atoms with Gasteiger partial charge < -0.3 is 15.4 Å². The number of nitrogens with zero attached hydrogens (tertiary/aromatic N) is 2. The molecule has 2 aromatic heterocycles. The molecule has 0 fully saturated rings. The maximum Gasteiger partial charge on any atom is 0.337 e. The van der Waals surface area contributed by atoms with Gasteiger partial charge in [0.1, 0.15) is 11.5 Å². The van der Waals surface area contributed by atoms with E-state index in [-0.39, 0.29) is 5.91 Å². The minimum absolute atomic E-state index is 0.294. The Balaban J connectivity index is 1.65. The van der Waals surface area contributed by atoms with Gasteiger partial charge in [-0.1, -0.05) is 6.07 Å². The molecule has 7 nitrogen and oxygen atoms in total. The van der Waals surface area contributed by atoms with Crippen LogP contribution in [-0.2, 0) is 4.74 Å². The van der Waals surface area contributed by atoms with Gasteiger partial charge in [-0.05, 0) is 43.3 Å². The minimum Gasteiger partial charge on any atom is -0.465 e. The van der Waals surface area contributed by atoms with E-state index >= 15 is 0 Å². The third-order valence-electron chi connectivity index (χ3n) is 3.42. The van der Waals surface area contributed by atoms with Crippen molar-refractivity contribution >= 4 is 39.9 Å². The van der Waals surface area contributed by atoms with Gasteiger partial charge in [0.2, 0.25) is 0 Å². The highest BCUT2D eigenvalue weighted by Gasteiger charge is 2.12. The van der Waals surface area contributed by atoms with E-state index in [0.29, 0.717) is 27.9 Å². The molecule has 132 valence electrons. The van der Waals surface area contributed by atoms with Gasteiger partial charge in [-0.15, -0.1) is 11.3 Å². The van der Waals surface area contributed by atoms with Crippen LogP contribution in [0.2, 0.25) is 0 Å². The lowest BCUT2D eigenvalue weighted by molar-refractivity contribution is 0.0600. The fourth-order valence-corrected chi connectivity index (χ4v) is 2.86. The van der Waals surface area contributed by atoms with E-state index in [1.807, 2.05) is 25.1 Å². The van der Waals surface area contributed by atoms with E-state index in [2.05, 4.69) is 25.3 Å². The van der Waals surface area contributed by atoms with Crippen molar-refractivity contribution in [2.75, 3.05) is 17.7 Å². The van der Waals surface area contributed by atoms with Gasteiger partial charge in [0.05, 0.1) is 12.7 Å². The Bertz CT molecular complexity index is 938. The Labute approximate surface area is 154 Å². The molecule has 1 aromatic carbocycles. The van der Waals surface area contributed by atoms with Crippen LogP contribution in [0.3, 0.4) is 0 Å². The molecule has 2 heterocycles. The second-order valence-corrected chi connectivity index (χ2v) is 6.21. The molecule has 8 heteroatoms. The number of ether oxygens (including phenoxy) is 1. The quantitative estimate of drug-likeness (QED) is 0.668. The van der Waals surface area contributed by atoms with E-state index in [1.54, 1.807) is 29.6 Å². The van der Waals surface area contributed by atoms with Crippen molar-refractivity contribution in [1.29, 1.82) is 0 Å². The zero-order valence-electron chi connectivity index (χ0n) is 14.1. The molecule has 0 spiro atoms. The van der Waals surface area contributed by atoms with Crippen molar-refractivity contribution in [2.24, 2.45) is 0 Å². The number of pyridine rings is 1. The van der Waals surface area contributed by atoms with Gasteiger partial charge in [0.15, 0.2) is 5.13 Å². The van der Waals surface area contributed by atoms with Gasteiger partial charge in [0.25, 0.3) is 5.91 Å². The predicted octanol–water partition coefficient (Wildman–Crippen LogP) is 3.63. The molecule has 0 bridgehead atoms. The van der Waals surface area contributed by atoms with Crippen LogP contribution in [0.4, 0.5) is 16.6 Å². The molecular formula is C18H16N4O3S. The van der Waals surface area contributed by atoms with Crippen LogP contribution in [0.1, 0.15) is 26.5 Å². The molecule has 3 rings (SSSR count). The number of hydrogen-bond donors (Lipinski definition) is 2. The highest BCUT2D eigenvalue weighted by atomic mass is 32.1. The largest absolute Gasteiger partial charge is 0.465 e. The third kappa shape index (κ3) is 4.22. The van der Waals surface area contributed by atoms with E-state index in [4.69, 9.17) is 0 Å². The minimum atomic E-state index is -0.428. The van der Waals surface area contributed by atoms with Crippen LogP contribution in [-0.4, -0.2) is 29.0 Å². The summed E-state index contributed by atoms with van der Waals surface area (Å²) in [5.41, 5.74) is 2.16. The summed E-state index contributed by atoms with van der Waals surface area (Å²) in [6.45, 7) is 1.90. The lowest BCUT2D eigenvalue weighted by atomic mass is 10.2. The Morgan fingerprint density at radius 3 is 2.54 bits per heavy atom. The average Bonchev–Trinajstić information content (AvgIpc) is 3.10. The first kappa shape index (κ1) is 17.6. The number of rotatable bonds is 5. The molecule has 0 unspecified atom stereocenters. The van der Waals surface area contributed by atoms with E-state index in [0.717, 1.165) is 5.69 Å². The van der Waals surface area contributed by atoms with E-state index in [1.165, 1.54) is 18.4 Å². The summed E-state index contributed by atoms with van der Waals surface area (Å²) < 4.78 is 4.64. The highest BCUT2D eigenvalue weighted by molar-refractivity contribution is 7.14. The van der Waals surface area contributed by atoms with Crippen LogP contribution in [0.15, 0.2) is 47.8 Å². The molecule has 0 saturated carbocycles. The molecule has 0 radical (unpaired) electrons. The Hall–Kier alpha value is -3.26. The molecular weight excluding hydrogens is 352 g/mol. The monoisotopic (exact) mass is 368 g/mol. The molecule has 0 saturated heterocycles. The fourth-order valence-electron chi connectivity index (χ4n) is 2.16. The van der Waals surface area contributed by atoms with Crippen LogP contribution in [0, 0.1) is 6.92 Å². The number of thiazole rings is 1. The summed E-state index contributed by atoms with van der Waals surface area (Å²) in [7, 11) is 1.32. The zero-order valence-corrected chi connectivity index (χ0v) is 15.0. The van der Waals surface area contributed by atoms with Crippen LogP contribution in [0.25, 0.3) is 0 Å². The summed E-state index contributed by atoms with van der Waals surface area (Å²) in [5.74, 6) is -0.0927. The first-order chi connectivity index (χ1) is 12.5. The Morgan fingerprint density at radius 1 is 1.08 bits per heavy atom. The third-order valence-corrected chi connectivity index (χ3v) is 4.18. The number of hydrogen-bond acceptors (Lipinski definition) is 7. The maximum atomic E-state index is 12.3. The van der Waals surface area contributed by atoms with Gasteiger partial charge in [0, 0.05) is 16.8 Å². The van der Waals surface area contributed by atoms with Gasteiger partial charge in [-0.2, -0.15) is 0 Å². The van der Waals surface area contributed by atoms with Crippen LogP contribution in [0.5, 0.6) is 0 Å². The van der Waals surface area contributed by atoms with Crippen molar-refractivity contribution in [2.45, 2.75) is 6.92 Å².